The largest absolute Gasteiger partial charge is 0.389 e. The molecule has 13 heavy (non-hydrogen) atoms. The monoisotopic (exact) mass is 181 g/mol. The number of aliphatic hydroxyl groups excluding tert-OH is 1. The highest BCUT2D eigenvalue weighted by atomic mass is 16.3. The van der Waals surface area contributed by atoms with E-state index in [1.165, 1.54) is 0 Å². The van der Waals surface area contributed by atoms with E-state index in [0.717, 1.165) is 11.1 Å². The fourth-order valence-electron chi connectivity index (χ4n) is 2.15. The first-order valence-corrected chi connectivity index (χ1v) is 4.71. The van der Waals surface area contributed by atoms with Crippen LogP contribution in [-0.4, -0.2) is 28.5 Å². The average Bonchev–Trinajstić information content (AvgIpc) is 2.42. The molecule has 2 rings (SSSR count). The van der Waals surface area contributed by atoms with Crippen molar-refractivity contribution in [1.82, 2.24) is 5.32 Å². The average molecular weight is 181 g/mol. The standard InChI is InChI=1S/C10H15NO2/c1-2-10(13)5-9(12)7-6-11-4-3-8(7)10/h3-4,9,11-13H,2,5-6H2,1H3. The first kappa shape index (κ1) is 8.78. The molecule has 3 heteroatoms. The number of hydrogen-bond acceptors (Lipinski definition) is 3. The van der Waals surface area contributed by atoms with Crippen molar-refractivity contribution >= 4 is 0 Å². The van der Waals surface area contributed by atoms with E-state index in [0.29, 0.717) is 19.4 Å². The molecule has 0 radical (unpaired) electrons. The summed E-state index contributed by atoms with van der Waals surface area (Å²) in [5.41, 5.74) is 1.07. The van der Waals surface area contributed by atoms with Gasteiger partial charge in [-0.1, -0.05) is 6.92 Å². The van der Waals surface area contributed by atoms with Crippen LogP contribution in [0.25, 0.3) is 0 Å². The Morgan fingerprint density at radius 3 is 3.15 bits per heavy atom. The summed E-state index contributed by atoms with van der Waals surface area (Å²) in [5, 5.41) is 22.9. The zero-order valence-electron chi connectivity index (χ0n) is 7.75. The molecule has 3 nitrogen and oxygen atoms in total. The first-order valence-electron chi connectivity index (χ1n) is 4.71. The van der Waals surface area contributed by atoms with Crippen molar-refractivity contribution in [1.29, 1.82) is 0 Å². The number of hydrogen-bond donors (Lipinski definition) is 3. The van der Waals surface area contributed by atoms with Gasteiger partial charge in [0.05, 0.1) is 11.7 Å². The minimum absolute atomic E-state index is 0.445. The van der Waals surface area contributed by atoms with E-state index < -0.39 is 11.7 Å². The Bertz CT molecular complexity index is 283. The van der Waals surface area contributed by atoms with Crippen molar-refractivity contribution < 1.29 is 10.2 Å². The van der Waals surface area contributed by atoms with Gasteiger partial charge in [-0.3, -0.25) is 0 Å². The lowest BCUT2D eigenvalue weighted by Gasteiger charge is -2.24. The third-order valence-electron chi connectivity index (χ3n) is 3.03. The van der Waals surface area contributed by atoms with Crippen LogP contribution in [0.2, 0.25) is 0 Å². The second kappa shape index (κ2) is 2.86. The van der Waals surface area contributed by atoms with Gasteiger partial charge in [0, 0.05) is 13.0 Å². The molecule has 0 aromatic heterocycles. The summed E-state index contributed by atoms with van der Waals surface area (Å²) in [6.45, 7) is 2.61. The molecule has 0 saturated carbocycles. The summed E-state index contributed by atoms with van der Waals surface area (Å²) in [5.74, 6) is 0. The van der Waals surface area contributed by atoms with E-state index in [1.807, 2.05) is 19.2 Å². The lowest BCUT2D eigenvalue weighted by atomic mass is 9.91. The molecule has 0 spiro atoms. The number of dihydropyridines is 1. The van der Waals surface area contributed by atoms with Crippen LogP contribution in [0.5, 0.6) is 0 Å². The normalized spacial score (nSPS) is 37.6. The van der Waals surface area contributed by atoms with E-state index in [2.05, 4.69) is 5.32 Å². The van der Waals surface area contributed by atoms with Crippen molar-refractivity contribution in [3.05, 3.63) is 23.4 Å². The summed E-state index contributed by atoms with van der Waals surface area (Å²) in [6.07, 6.45) is 4.33. The van der Waals surface area contributed by atoms with Crippen molar-refractivity contribution in [2.75, 3.05) is 6.54 Å². The van der Waals surface area contributed by atoms with Gasteiger partial charge >= 0.3 is 0 Å². The van der Waals surface area contributed by atoms with Crippen LogP contribution in [0.1, 0.15) is 19.8 Å². The van der Waals surface area contributed by atoms with Gasteiger partial charge in [-0.25, -0.2) is 0 Å². The zero-order valence-corrected chi connectivity index (χ0v) is 7.75. The molecule has 3 N–H and O–H groups in total. The Morgan fingerprint density at radius 2 is 2.46 bits per heavy atom. The van der Waals surface area contributed by atoms with Crippen molar-refractivity contribution in [2.24, 2.45) is 0 Å². The van der Waals surface area contributed by atoms with Gasteiger partial charge < -0.3 is 15.5 Å². The molecule has 0 saturated heterocycles. The van der Waals surface area contributed by atoms with Crippen molar-refractivity contribution in [2.45, 2.75) is 31.5 Å². The lowest BCUT2D eigenvalue weighted by molar-refractivity contribution is 0.0482. The molecule has 2 aliphatic rings. The van der Waals surface area contributed by atoms with E-state index >= 15 is 0 Å². The Morgan fingerprint density at radius 1 is 1.69 bits per heavy atom. The summed E-state index contributed by atoms with van der Waals surface area (Å²) in [6, 6.07) is 0. The zero-order chi connectivity index (χ0) is 9.47. The Labute approximate surface area is 77.8 Å². The number of aliphatic hydroxyl groups is 2. The van der Waals surface area contributed by atoms with E-state index in [9.17, 15) is 10.2 Å². The molecule has 72 valence electrons. The smallest absolute Gasteiger partial charge is 0.0923 e. The highest BCUT2D eigenvalue weighted by Gasteiger charge is 2.41. The van der Waals surface area contributed by atoms with Gasteiger partial charge in [0.15, 0.2) is 0 Å². The fourth-order valence-corrected chi connectivity index (χ4v) is 2.15. The molecule has 2 atom stereocenters. The maximum atomic E-state index is 10.2. The molecule has 0 bridgehead atoms. The molecule has 0 aromatic rings. The molecule has 2 unspecified atom stereocenters. The lowest BCUT2D eigenvalue weighted by Crippen LogP contribution is -2.28. The summed E-state index contributed by atoms with van der Waals surface area (Å²) in [7, 11) is 0. The minimum atomic E-state index is -0.798. The quantitative estimate of drug-likeness (QED) is 0.545. The van der Waals surface area contributed by atoms with E-state index in [1.54, 1.807) is 0 Å². The van der Waals surface area contributed by atoms with Gasteiger partial charge in [0.2, 0.25) is 0 Å². The Hall–Kier alpha value is -0.800. The maximum absolute atomic E-state index is 10.2. The van der Waals surface area contributed by atoms with Crippen molar-refractivity contribution in [3.63, 3.8) is 0 Å². The molecular formula is C10H15NO2. The molecule has 1 aliphatic carbocycles. The summed E-state index contributed by atoms with van der Waals surface area (Å²) < 4.78 is 0. The third kappa shape index (κ3) is 1.19. The second-order valence-corrected chi connectivity index (χ2v) is 3.76. The highest BCUT2D eigenvalue weighted by Crippen LogP contribution is 2.39. The molecule has 1 heterocycles. The first-order chi connectivity index (χ1) is 6.17. The summed E-state index contributed by atoms with van der Waals surface area (Å²) in [4.78, 5) is 0. The number of rotatable bonds is 1. The van der Waals surface area contributed by atoms with Crippen LogP contribution in [0.15, 0.2) is 23.4 Å². The van der Waals surface area contributed by atoms with Crippen LogP contribution < -0.4 is 5.32 Å². The van der Waals surface area contributed by atoms with Crippen LogP contribution in [0, 0.1) is 0 Å². The van der Waals surface area contributed by atoms with Crippen molar-refractivity contribution in [3.8, 4) is 0 Å². The molecule has 1 aliphatic heterocycles. The van der Waals surface area contributed by atoms with Gasteiger partial charge in [-0.2, -0.15) is 0 Å². The van der Waals surface area contributed by atoms with Crippen LogP contribution in [-0.2, 0) is 0 Å². The van der Waals surface area contributed by atoms with Gasteiger partial charge in [0.25, 0.3) is 0 Å². The molecule has 0 aromatic carbocycles. The highest BCUT2D eigenvalue weighted by molar-refractivity contribution is 5.44. The predicted molar refractivity (Wildman–Crippen MR) is 50.0 cm³/mol. The third-order valence-corrected chi connectivity index (χ3v) is 3.03. The SMILES string of the molecule is CCC1(O)CC(O)C2=C1C=CNC2. The maximum Gasteiger partial charge on any atom is 0.0923 e. The Balaban J connectivity index is 2.39. The van der Waals surface area contributed by atoms with Crippen LogP contribution in [0.3, 0.4) is 0 Å². The van der Waals surface area contributed by atoms with Gasteiger partial charge in [-0.15, -0.1) is 0 Å². The fraction of sp³-hybridized carbons (Fsp3) is 0.600. The van der Waals surface area contributed by atoms with E-state index in [4.69, 9.17) is 0 Å². The van der Waals surface area contributed by atoms with Gasteiger partial charge in [0.1, 0.15) is 0 Å². The van der Waals surface area contributed by atoms with Crippen LogP contribution in [0.4, 0.5) is 0 Å². The number of nitrogens with one attached hydrogen (secondary N) is 1. The van der Waals surface area contributed by atoms with Crippen LogP contribution >= 0.6 is 0 Å². The second-order valence-electron chi connectivity index (χ2n) is 3.76. The molecule has 0 fully saturated rings. The minimum Gasteiger partial charge on any atom is -0.389 e. The summed E-state index contributed by atoms with van der Waals surface area (Å²) >= 11 is 0. The van der Waals surface area contributed by atoms with Gasteiger partial charge in [-0.05, 0) is 29.8 Å². The van der Waals surface area contributed by atoms with E-state index in [-0.39, 0.29) is 0 Å². The molecular weight excluding hydrogens is 166 g/mol. The topological polar surface area (TPSA) is 52.5 Å². The predicted octanol–water partition coefficient (Wildman–Crippen LogP) is 0.306. The Kier molecular flexibility index (Phi) is 1.93. The molecule has 0 amide bonds.